The molecule has 0 atom stereocenters. The van der Waals surface area contributed by atoms with Crippen LogP contribution < -0.4 is 5.43 Å². The summed E-state index contributed by atoms with van der Waals surface area (Å²) in [5.74, 6) is 0. The molecule has 14 nitrogen and oxygen atoms in total. The van der Waals surface area contributed by atoms with Gasteiger partial charge >= 0.3 is 5.69 Å². The van der Waals surface area contributed by atoms with Gasteiger partial charge in [0, 0.05) is 12.1 Å². The molecule has 138 valence electrons. The molecule has 0 aromatic heterocycles. The monoisotopic (exact) mass is 376 g/mol. The van der Waals surface area contributed by atoms with Gasteiger partial charge in [-0.25, -0.2) is 0 Å². The van der Waals surface area contributed by atoms with Gasteiger partial charge in [-0.2, -0.15) is 5.10 Å². The molecule has 0 fully saturated rings. The Labute approximate surface area is 148 Å². The molecular weight excluding hydrogens is 368 g/mol. The molecule has 0 aliphatic rings. The Morgan fingerprint density at radius 3 is 1.78 bits per heavy atom. The minimum atomic E-state index is -0.862. The predicted octanol–water partition coefficient (Wildman–Crippen LogP) is 2.77. The lowest BCUT2D eigenvalue weighted by molar-refractivity contribution is -0.394. The summed E-state index contributed by atoms with van der Waals surface area (Å²) >= 11 is 0. The number of hydrazone groups is 1. The molecule has 2 aromatic rings. The Morgan fingerprint density at radius 2 is 1.26 bits per heavy atom. The maximum Gasteiger partial charge on any atom is 0.301 e. The number of nitro groups is 4. The highest BCUT2D eigenvalue weighted by Crippen LogP contribution is 2.29. The fraction of sp³-hybridized carbons (Fsp3) is 0. The Bertz CT molecular complexity index is 989. The standard InChI is InChI=1S/C13H8N6O8/c20-16(21)9-2-1-8(12(5-9)18(24)25)7-14-15-11-4-3-10(17(22)23)6-13(11)19(26)27/h1-7,15H. The molecule has 2 rings (SSSR count). The Balaban J connectivity index is 2.33. The van der Waals surface area contributed by atoms with Crippen molar-refractivity contribution in [2.24, 2.45) is 5.10 Å². The summed E-state index contributed by atoms with van der Waals surface area (Å²) in [6.45, 7) is 0. The molecule has 0 bridgehead atoms. The number of rotatable bonds is 7. The normalized spacial score (nSPS) is 10.5. The van der Waals surface area contributed by atoms with E-state index >= 15 is 0 Å². The largest absolute Gasteiger partial charge is 0.301 e. The summed E-state index contributed by atoms with van der Waals surface area (Å²) in [7, 11) is 0. The van der Waals surface area contributed by atoms with Crippen molar-refractivity contribution >= 4 is 34.7 Å². The summed E-state index contributed by atoms with van der Waals surface area (Å²) in [5.41, 5.74) is -0.223. The van der Waals surface area contributed by atoms with Gasteiger partial charge in [0.2, 0.25) is 0 Å². The number of nitro benzene ring substituents is 4. The Morgan fingerprint density at radius 1 is 0.741 bits per heavy atom. The van der Waals surface area contributed by atoms with Gasteiger partial charge in [-0.05, 0) is 12.1 Å². The van der Waals surface area contributed by atoms with Crippen LogP contribution in [0.5, 0.6) is 0 Å². The van der Waals surface area contributed by atoms with E-state index in [1.54, 1.807) is 0 Å². The number of non-ortho nitro benzene ring substituents is 2. The van der Waals surface area contributed by atoms with E-state index in [4.69, 9.17) is 0 Å². The molecule has 0 saturated heterocycles. The summed E-state index contributed by atoms with van der Waals surface area (Å²) in [5, 5.41) is 47.0. The van der Waals surface area contributed by atoms with Crippen LogP contribution in [0.4, 0.5) is 28.4 Å². The average Bonchev–Trinajstić information content (AvgIpc) is 2.61. The van der Waals surface area contributed by atoms with Crippen molar-refractivity contribution in [3.63, 3.8) is 0 Å². The zero-order valence-corrected chi connectivity index (χ0v) is 13.0. The first kappa shape index (κ1) is 18.8. The number of hydrogen-bond donors (Lipinski definition) is 1. The van der Waals surface area contributed by atoms with Crippen molar-refractivity contribution < 1.29 is 19.7 Å². The van der Waals surface area contributed by atoms with Gasteiger partial charge < -0.3 is 0 Å². The predicted molar refractivity (Wildman–Crippen MR) is 90.7 cm³/mol. The summed E-state index contributed by atoms with van der Waals surface area (Å²) in [6, 6.07) is 5.66. The van der Waals surface area contributed by atoms with Crippen molar-refractivity contribution in [2.45, 2.75) is 0 Å². The number of nitrogens with one attached hydrogen (secondary N) is 1. The van der Waals surface area contributed by atoms with Crippen LogP contribution in [0.2, 0.25) is 0 Å². The number of nitrogens with zero attached hydrogens (tertiary/aromatic N) is 5. The molecule has 2 aromatic carbocycles. The minimum Gasteiger partial charge on any atom is -0.272 e. The van der Waals surface area contributed by atoms with Gasteiger partial charge in [-0.15, -0.1) is 0 Å². The third-order valence-corrected chi connectivity index (χ3v) is 3.20. The SMILES string of the molecule is O=[N+]([O-])c1ccc(C=NNc2ccc([N+](=O)[O-])cc2[N+](=O)[O-])c([N+](=O)[O-])c1. The highest BCUT2D eigenvalue weighted by Gasteiger charge is 2.20. The second-order valence-corrected chi connectivity index (χ2v) is 4.84. The van der Waals surface area contributed by atoms with E-state index < -0.39 is 42.4 Å². The zero-order chi connectivity index (χ0) is 20.1. The molecule has 0 aliphatic heterocycles. The first-order valence-corrected chi connectivity index (χ1v) is 6.85. The minimum absolute atomic E-state index is 0.0948. The molecular formula is C13H8N6O8. The third kappa shape index (κ3) is 4.32. The van der Waals surface area contributed by atoms with Crippen LogP contribution >= 0.6 is 0 Å². The van der Waals surface area contributed by atoms with Crippen LogP contribution in [0, 0.1) is 40.5 Å². The molecule has 0 unspecified atom stereocenters. The highest BCUT2D eigenvalue weighted by atomic mass is 16.6. The summed E-state index contributed by atoms with van der Waals surface area (Å²) < 4.78 is 0. The van der Waals surface area contributed by atoms with Gasteiger partial charge in [0.1, 0.15) is 5.69 Å². The lowest BCUT2D eigenvalue weighted by atomic mass is 10.2. The van der Waals surface area contributed by atoms with Crippen molar-refractivity contribution in [2.75, 3.05) is 5.43 Å². The van der Waals surface area contributed by atoms with Gasteiger partial charge in [0.05, 0.1) is 43.6 Å². The summed E-state index contributed by atoms with van der Waals surface area (Å²) in [4.78, 5) is 40.1. The number of benzene rings is 2. The van der Waals surface area contributed by atoms with Crippen molar-refractivity contribution in [3.05, 3.63) is 82.4 Å². The average molecular weight is 376 g/mol. The van der Waals surface area contributed by atoms with Gasteiger partial charge in [-0.3, -0.25) is 45.9 Å². The maximum absolute atomic E-state index is 11.0. The molecule has 14 heteroatoms. The smallest absolute Gasteiger partial charge is 0.272 e. The number of anilines is 1. The molecule has 0 amide bonds. The fourth-order valence-corrected chi connectivity index (χ4v) is 1.96. The van der Waals surface area contributed by atoms with Gasteiger partial charge in [0.25, 0.3) is 17.1 Å². The highest BCUT2D eigenvalue weighted by molar-refractivity contribution is 5.86. The molecule has 0 radical (unpaired) electrons. The second kappa shape index (κ2) is 7.60. The molecule has 1 N–H and O–H groups in total. The topological polar surface area (TPSA) is 197 Å². The lowest BCUT2D eigenvalue weighted by Gasteiger charge is -2.02. The Hall–Kier alpha value is -4.49. The third-order valence-electron chi connectivity index (χ3n) is 3.20. The molecule has 0 aliphatic carbocycles. The zero-order valence-electron chi connectivity index (χ0n) is 13.0. The first-order chi connectivity index (χ1) is 12.7. The second-order valence-electron chi connectivity index (χ2n) is 4.84. The lowest BCUT2D eigenvalue weighted by Crippen LogP contribution is -2.00. The van der Waals surface area contributed by atoms with E-state index in [9.17, 15) is 40.5 Å². The summed E-state index contributed by atoms with van der Waals surface area (Å²) in [6.07, 6.45) is 0.937. The Kier molecular flexibility index (Phi) is 5.30. The van der Waals surface area contributed by atoms with Crippen molar-refractivity contribution in [1.82, 2.24) is 0 Å². The van der Waals surface area contributed by atoms with Crippen LogP contribution in [0.15, 0.2) is 41.5 Å². The van der Waals surface area contributed by atoms with Crippen LogP contribution in [-0.4, -0.2) is 25.9 Å². The molecule has 0 heterocycles. The maximum atomic E-state index is 11.0. The number of hydrogen-bond acceptors (Lipinski definition) is 10. The van der Waals surface area contributed by atoms with E-state index in [1.165, 1.54) is 0 Å². The van der Waals surface area contributed by atoms with Gasteiger partial charge in [0.15, 0.2) is 0 Å². The van der Waals surface area contributed by atoms with Crippen LogP contribution in [-0.2, 0) is 0 Å². The van der Waals surface area contributed by atoms with E-state index in [0.717, 1.165) is 42.6 Å². The van der Waals surface area contributed by atoms with E-state index in [2.05, 4.69) is 10.5 Å². The fourth-order valence-electron chi connectivity index (χ4n) is 1.96. The molecule has 0 saturated carbocycles. The quantitative estimate of drug-likeness (QED) is 0.428. The molecule has 0 spiro atoms. The van der Waals surface area contributed by atoms with Crippen LogP contribution in [0.25, 0.3) is 0 Å². The van der Waals surface area contributed by atoms with Crippen LogP contribution in [0.1, 0.15) is 5.56 Å². The van der Waals surface area contributed by atoms with Crippen molar-refractivity contribution in [1.29, 1.82) is 0 Å². The van der Waals surface area contributed by atoms with Gasteiger partial charge in [-0.1, -0.05) is 0 Å². The molecule has 27 heavy (non-hydrogen) atoms. The van der Waals surface area contributed by atoms with E-state index in [0.29, 0.717) is 0 Å². The van der Waals surface area contributed by atoms with E-state index in [-0.39, 0.29) is 11.3 Å². The van der Waals surface area contributed by atoms with Crippen molar-refractivity contribution in [3.8, 4) is 0 Å². The first-order valence-electron chi connectivity index (χ1n) is 6.85. The van der Waals surface area contributed by atoms with E-state index in [1.807, 2.05) is 0 Å². The van der Waals surface area contributed by atoms with Crippen LogP contribution in [0.3, 0.4) is 0 Å².